The summed E-state index contributed by atoms with van der Waals surface area (Å²) in [4.78, 5) is 12.5. The summed E-state index contributed by atoms with van der Waals surface area (Å²) in [5, 5.41) is 1.07. The van der Waals surface area contributed by atoms with Gasteiger partial charge in [-0.1, -0.05) is 23.8 Å². The Kier molecular flexibility index (Phi) is 5.25. The van der Waals surface area contributed by atoms with Crippen molar-refractivity contribution in [3.8, 4) is 11.4 Å². The third-order valence-electron chi connectivity index (χ3n) is 5.72. The molecule has 2 fully saturated rings. The number of aromatic nitrogens is 2. The summed E-state index contributed by atoms with van der Waals surface area (Å²) >= 11 is 1.54. The molecule has 2 aliphatic heterocycles. The van der Waals surface area contributed by atoms with Gasteiger partial charge in [0, 0.05) is 68.4 Å². The normalized spacial score (nSPS) is 22.5. The van der Waals surface area contributed by atoms with E-state index < -0.39 is 0 Å². The first kappa shape index (κ1) is 17.9. The highest BCUT2D eigenvalue weighted by atomic mass is 32.1. The molecule has 5 nitrogen and oxygen atoms in total. The fourth-order valence-electron chi connectivity index (χ4n) is 4.08. The van der Waals surface area contributed by atoms with Gasteiger partial charge in [-0.05, 0) is 33.3 Å². The average Bonchev–Trinajstić information content (AvgIpc) is 3.31. The van der Waals surface area contributed by atoms with Crippen LogP contribution < -0.4 is 4.90 Å². The molecule has 2 saturated heterocycles. The van der Waals surface area contributed by atoms with E-state index in [-0.39, 0.29) is 0 Å². The topological polar surface area (TPSA) is 35.5 Å². The minimum absolute atomic E-state index is 0.663. The lowest BCUT2D eigenvalue weighted by atomic mass is 10.1. The Bertz CT molecular complexity index is 735. The van der Waals surface area contributed by atoms with Gasteiger partial charge in [0.15, 0.2) is 5.82 Å². The van der Waals surface area contributed by atoms with E-state index in [0.717, 1.165) is 29.6 Å². The molecule has 0 amide bonds. The molecule has 0 N–H and O–H groups in total. The summed E-state index contributed by atoms with van der Waals surface area (Å²) in [6.07, 6.45) is 1.24. The number of hydrogen-bond acceptors (Lipinski definition) is 6. The smallest absolute Gasteiger partial charge is 0.205 e. The zero-order valence-electron chi connectivity index (χ0n) is 16.1. The summed E-state index contributed by atoms with van der Waals surface area (Å²) in [7, 11) is 0. The molecule has 26 heavy (non-hydrogen) atoms. The zero-order chi connectivity index (χ0) is 18.1. The summed E-state index contributed by atoms with van der Waals surface area (Å²) in [6.45, 7) is 13.7. The van der Waals surface area contributed by atoms with Crippen LogP contribution in [0.25, 0.3) is 11.4 Å². The Hall–Kier alpha value is -1.50. The van der Waals surface area contributed by atoms with Crippen molar-refractivity contribution in [3.05, 3.63) is 29.8 Å². The lowest BCUT2D eigenvalue weighted by molar-refractivity contribution is 0.0842. The van der Waals surface area contributed by atoms with E-state index >= 15 is 0 Å². The van der Waals surface area contributed by atoms with Crippen molar-refractivity contribution >= 4 is 16.7 Å². The molecule has 3 heterocycles. The number of rotatable bonds is 4. The van der Waals surface area contributed by atoms with Crippen molar-refractivity contribution < 1.29 is 0 Å². The SMILES string of the molecule is Cc1cccc(-c2nsc(N3CCC(N4CCN(C(C)C)CC4)C3)n2)c1. The van der Waals surface area contributed by atoms with Crippen LogP contribution in [0.5, 0.6) is 0 Å². The van der Waals surface area contributed by atoms with E-state index in [9.17, 15) is 0 Å². The number of piperazine rings is 1. The third-order valence-corrected chi connectivity index (χ3v) is 6.50. The lowest BCUT2D eigenvalue weighted by Crippen LogP contribution is -2.52. The Morgan fingerprint density at radius 2 is 1.92 bits per heavy atom. The Labute approximate surface area is 160 Å². The molecule has 140 valence electrons. The first-order valence-corrected chi connectivity index (χ1v) is 10.5. The van der Waals surface area contributed by atoms with Gasteiger partial charge in [-0.15, -0.1) is 0 Å². The van der Waals surface area contributed by atoms with Crippen LogP contribution in [0.4, 0.5) is 5.13 Å². The first-order chi connectivity index (χ1) is 12.6. The fourth-order valence-corrected chi connectivity index (χ4v) is 4.80. The third kappa shape index (κ3) is 3.77. The summed E-state index contributed by atoms with van der Waals surface area (Å²) in [5.74, 6) is 0.864. The largest absolute Gasteiger partial charge is 0.345 e. The van der Waals surface area contributed by atoms with Crippen molar-refractivity contribution in [3.63, 3.8) is 0 Å². The van der Waals surface area contributed by atoms with Gasteiger partial charge in [0.1, 0.15) is 0 Å². The fraction of sp³-hybridized carbons (Fsp3) is 0.600. The molecule has 1 aromatic carbocycles. The molecule has 2 aromatic rings. The second kappa shape index (κ2) is 7.62. The van der Waals surface area contributed by atoms with Crippen LogP contribution >= 0.6 is 11.5 Å². The van der Waals surface area contributed by atoms with Crippen LogP contribution in [0.1, 0.15) is 25.8 Å². The van der Waals surface area contributed by atoms with Crippen molar-refractivity contribution in [2.24, 2.45) is 0 Å². The minimum Gasteiger partial charge on any atom is -0.345 e. The second-order valence-electron chi connectivity index (χ2n) is 7.82. The number of anilines is 1. The maximum absolute atomic E-state index is 4.83. The van der Waals surface area contributed by atoms with E-state index in [1.54, 1.807) is 0 Å². The van der Waals surface area contributed by atoms with Crippen molar-refractivity contribution in [2.45, 2.75) is 39.3 Å². The standard InChI is InChI=1S/C20H29N5S/c1-15(2)23-9-11-24(12-10-23)18-7-8-25(14-18)20-21-19(22-26-20)17-6-4-5-16(3)13-17/h4-6,13,15,18H,7-12,14H2,1-3H3. The monoisotopic (exact) mass is 371 g/mol. The molecule has 1 atom stereocenters. The van der Waals surface area contributed by atoms with Crippen LogP contribution in [0.15, 0.2) is 24.3 Å². The van der Waals surface area contributed by atoms with Crippen molar-refractivity contribution in [2.75, 3.05) is 44.2 Å². The average molecular weight is 372 g/mol. The van der Waals surface area contributed by atoms with Crippen LogP contribution in [-0.4, -0.2) is 70.5 Å². The van der Waals surface area contributed by atoms with Crippen LogP contribution in [0.3, 0.4) is 0 Å². The first-order valence-electron chi connectivity index (χ1n) is 9.74. The molecule has 4 rings (SSSR count). The summed E-state index contributed by atoms with van der Waals surface area (Å²) < 4.78 is 4.61. The van der Waals surface area contributed by atoms with Crippen molar-refractivity contribution in [1.82, 2.24) is 19.2 Å². The predicted molar refractivity (Wildman–Crippen MR) is 109 cm³/mol. The maximum atomic E-state index is 4.83. The van der Waals surface area contributed by atoms with Gasteiger partial charge in [0.25, 0.3) is 0 Å². The van der Waals surface area contributed by atoms with Gasteiger partial charge >= 0.3 is 0 Å². The van der Waals surface area contributed by atoms with Crippen LogP contribution in [0, 0.1) is 6.92 Å². The molecule has 0 radical (unpaired) electrons. The Morgan fingerprint density at radius 1 is 1.12 bits per heavy atom. The molecular formula is C20H29N5S. The molecule has 0 saturated carbocycles. The Morgan fingerprint density at radius 3 is 2.65 bits per heavy atom. The number of nitrogens with zero attached hydrogens (tertiary/aromatic N) is 5. The minimum atomic E-state index is 0.663. The quantitative estimate of drug-likeness (QED) is 0.825. The number of benzene rings is 1. The number of aryl methyl sites for hydroxylation is 1. The van der Waals surface area contributed by atoms with Gasteiger partial charge in [0.2, 0.25) is 5.13 Å². The molecule has 0 aliphatic carbocycles. The highest BCUT2D eigenvalue weighted by Crippen LogP contribution is 2.28. The van der Waals surface area contributed by atoms with Crippen LogP contribution in [0.2, 0.25) is 0 Å². The molecule has 0 bridgehead atoms. The molecule has 0 spiro atoms. The highest BCUT2D eigenvalue weighted by molar-refractivity contribution is 7.09. The van der Waals surface area contributed by atoms with E-state index in [2.05, 4.69) is 64.1 Å². The van der Waals surface area contributed by atoms with E-state index in [1.807, 2.05) is 0 Å². The zero-order valence-corrected chi connectivity index (χ0v) is 16.9. The van der Waals surface area contributed by atoms with Gasteiger partial charge in [-0.25, -0.2) is 0 Å². The van der Waals surface area contributed by atoms with E-state index in [0.29, 0.717) is 12.1 Å². The Balaban J connectivity index is 1.37. The molecule has 6 heteroatoms. The molecular weight excluding hydrogens is 342 g/mol. The maximum Gasteiger partial charge on any atom is 0.205 e. The van der Waals surface area contributed by atoms with E-state index in [1.165, 1.54) is 49.7 Å². The summed E-state index contributed by atoms with van der Waals surface area (Å²) in [6, 6.07) is 9.77. The number of hydrogen-bond donors (Lipinski definition) is 0. The highest BCUT2D eigenvalue weighted by Gasteiger charge is 2.31. The molecule has 1 unspecified atom stereocenters. The van der Waals surface area contributed by atoms with Crippen LogP contribution in [-0.2, 0) is 0 Å². The second-order valence-corrected chi connectivity index (χ2v) is 8.55. The predicted octanol–water partition coefficient (Wildman–Crippen LogP) is 3.12. The van der Waals surface area contributed by atoms with Gasteiger partial charge in [-0.2, -0.15) is 9.36 Å². The van der Waals surface area contributed by atoms with Gasteiger partial charge in [-0.3, -0.25) is 9.80 Å². The van der Waals surface area contributed by atoms with E-state index in [4.69, 9.17) is 4.98 Å². The van der Waals surface area contributed by atoms with Gasteiger partial charge < -0.3 is 4.90 Å². The summed E-state index contributed by atoms with van der Waals surface area (Å²) in [5.41, 5.74) is 2.37. The lowest BCUT2D eigenvalue weighted by Gasteiger charge is -2.39. The van der Waals surface area contributed by atoms with Crippen molar-refractivity contribution in [1.29, 1.82) is 0 Å². The molecule has 2 aliphatic rings. The molecule has 1 aromatic heterocycles. The van der Waals surface area contributed by atoms with Gasteiger partial charge in [0.05, 0.1) is 0 Å².